The monoisotopic (exact) mass is 624 g/mol. The molecule has 0 amide bonds. The normalized spacial score (nSPS) is 10.6. The number of methoxy groups -OCH3 is 2. The molecule has 0 spiro atoms. The summed E-state index contributed by atoms with van der Waals surface area (Å²) in [5.74, 6) is 1.54. The first-order chi connectivity index (χ1) is 23.6. The Morgan fingerprint density at radius 2 is 0.979 bits per heavy atom. The van der Waals surface area contributed by atoms with Gasteiger partial charge in [0.15, 0.2) is 0 Å². The first-order valence-corrected chi connectivity index (χ1v) is 15.4. The van der Waals surface area contributed by atoms with Crippen LogP contribution in [0.15, 0.2) is 146 Å². The maximum atomic E-state index is 9.87. The molecule has 0 unspecified atom stereocenters. The number of nitrogens with zero attached hydrogens (tertiary/aromatic N) is 4. The smallest absolute Gasteiger partial charge is 0.119 e. The van der Waals surface area contributed by atoms with Crippen molar-refractivity contribution in [2.45, 2.75) is 0 Å². The SMILES string of the molecule is COc1ccc(N(c2ccccc2)c2ccc(N(c3ccccc3)c3ccc(OC)cc3)c(C=Cc3cc(C#N)ccc3C#N)c2)cc1. The Labute approximate surface area is 281 Å². The number of rotatable bonds is 10. The van der Waals surface area contributed by atoms with Gasteiger partial charge in [0.1, 0.15) is 11.5 Å². The molecular formula is C42H32N4O2. The molecule has 0 saturated heterocycles. The van der Waals surface area contributed by atoms with Gasteiger partial charge in [0.25, 0.3) is 0 Å². The van der Waals surface area contributed by atoms with E-state index in [0.717, 1.165) is 51.2 Å². The molecule has 0 aliphatic rings. The molecule has 0 saturated carbocycles. The minimum Gasteiger partial charge on any atom is -0.497 e. The molecule has 0 N–H and O–H groups in total. The van der Waals surface area contributed by atoms with Crippen LogP contribution in [0.3, 0.4) is 0 Å². The summed E-state index contributed by atoms with van der Waals surface area (Å²) in [5.41, 5.74) is 8.28. The standard InChI is InChI=1S/C42H32N4O2/c1-47-40-22-17-37(18-23-40)45(35-9-5-3-6-10-35)39-21-26-42(33(28-39)16-15-32-27-31(29-43)13-14-34(32)30-44)46(36-11-7-4-8-12-36)38-19-24-41(48-2)25-20-38/h3-28H,1-2H3. The van der Waals surface area contributed by atoms with Gasteiger partial charge in [0.2, 0.25) is 0 Å². The van der Waals surface area contributed by atoms with Gasteiger partial charge in [-0.25, -0.2) is 0 Å². The number of para-hydroxylation sites is 2. The van der Waals surface area contributed by atoms with E-state index in [0.29, 0.717) is 16.7 Å². The van der Waals surface area contributed by atoms with Crippen molar-refractivity contribution < 1.29 is 9.47 Å². The van der Waals surface area contributed by atoms with E-state index in [4.69, 9.17) is 9.47 Å². The van der Waals surface area contributed by atoms with Crippen molar-refractivity contribution in [2.24, 2.45) is 0 Å². The third-order valence-electron chi connectivity index (χ3n) is 7.94. The second-order valence-corrected chi connectivity index (χ2v) is 10.8. The van der Waals surface area contributed by atoms with Gasteiger partial charge in [-0.1, -0.05) is 48.6 Å². The third-order valence-corrected chi connectivity index (χ3v) is 7.94. The molecule has 0 aromatic heterocycles. The number of anilines is 6. The predicted octanol–water partition coefficient (Wildman–Crippen LogP) is 10.6. The number of nitriles is 2. The summed E-state index contributed by atoms with van der Waals surface area (Å²) >= 11 is 0. The summed E-state index contributed by atoms with van der Waals surface area (Å²) in [4.78, 5) is 4.39. The first kappa shape index (κ1) is 31.2. The van der Waals surface area contributed by atoms with Crippen LogP contribution in [0, 0.1) is 22.7 Å². The predicted molar refractivity (Wildman–Crippen MR) is 194 cm³/mol. The van der Waals surface area contributed by atoms with E-state index in [2.05, 4.69) is 64.4 Å². The molecule has 0 radical (unpaired) electrons. The maximum Gasteiger partial charge on any atom is 0.119 e. The van der Waals surface area contributed by atoms with Crippen LogP contribution >= 0.6 is 0 Å². The molecule has 232 valence electrons. The molecule has 6 nitrogen and oxygen atoms in total. The third kappa shape index (κ3) is 6.74. The van der Waals surface area contributed by atoms with E-state index in [-0.39, 0.29) is 0 Å². The summed E-state index contributed by atoms with van der Waals surface area (Å²) in [6.07, 6.45) is 3.91. The molecule has 6 aromatic rings. The average Bonchev–Trinajstić information content (AvgIpc) is 3.16. The van der Waals surface area contributed by atoms with E-state index < -0.39 is 0 Å². The lowest BCUT2D eigenvalue weighted by molar-refractivity contribution is 0.414. The van der Waals surface area contributed by atoms with Gasteiger partial charge >= 0.3 is 0 Å². The summed E-state index contributed by atoms with van der Waals surface area (Å²) in [7, 11) is 3.32. The average molecular weight is 625 g/mol. The second-order valence-electron chi connectivity index (χ2n) is 10.8. The minimum absolute atomic E-state index is 0.488. The molecule has 6 rings (SSSR count). The van der Waals surface area contributed by atoms with Gasteiger partial charge in [-0.15, -0.1) is 0 Å². The van der Waals surface area contributed by atoms with Crippen molar-refractivity contribution in [3.05, 3.63) is 168 Å². The molecule has 0 atom stereocenters. The Morgan fingerprint density at radius 3 is 1.52 bits per heavy atom. The molecule has 6 aromatic carbocycles. The highest BCUT2D eigenvalue weighted by atomic mass is 16.5. The second kappa shape index (κ2) is 14.6. The molecule has 0 aliphatic heterocycles. The molecule has 0 aliphatic carbocycles. The van der Waals surface area contributed by atoms with Crippen molar-refractivity contribution in [3.63, 3.8) is 0 Å². The van der Waals surface area contributed by atoms with Crippen molar-refractivity contribution in [3.8, 4) is 23.6 Å². The summed E-state index contributed by atoms with van der Waals surface area (Å²) in [6, 6.07) is 52.2. The summed E-state index contributed by atoms with van der Waals surface area (Å²) < 4.78 is 10.9. The van der Waals surface area contributed by atoms with E-state index in [9.17, 15) is 10.5 Å². The fourth-order valence-corrected chi connectivity index (χ4v) is 5.56. The lowest BCUT2D eigenvalue weighted by Crippen LogP contribution is -2.13. The van der Waals surface area contributed by atoms with Crippen LogP contribution < -0.4 is 19.3 Å². The van der Waals surface area contributed by atoms with Crippen LogP contribution in [0.2, 0.25) is 0 Å². The van der Waals surface area contributed by atoms with E-state index >= 15 is 0 Å². The van der Waals surface area contributed by atoms with Crippen molar-refractivity contribution in [1.82, 2.24) is 0 Å². The Morgan fingerprint density at radius 1 is 0.479 bits per heavy atom. The summed E-state index contributed by atoms with van der Waals surface area (Å²) in [5, 5.41) is 19.4. The quantitative estimate of drug-likeness (QED) is 0.141. The van der Waals surface area contributed by atoms with Gasteiger partial charge in [-0.2, -0.15) is 10.5 Å². The number of hydrogen-bond acceptors (Lipinski definition) is 6. The Kier molecular flexibility index (Phi) is 9.47. The fraction of sp³-hybridized carbons (Fsp3) is 0.0476. The van der Waals surface area contributed by atoms with Crippen LogP contribution in [0.5, 0.6) is 11.5 Å². The molecule has 0 bridgehead atoms. The lowest BCUT2D eigenvalue weighted by atomic mass is 10.0. The van der Waals surface area contributed by atoms with Gasteiger partial charge in [0.05, 0.1) is 43.2 Å². The van der Waals surface area contributed by atoms with Crippen LogP contribution in [0.4, 0.5) is 34.1 Å². The first-order valence-electron chi connectivity index (χ1n) is 15.4. The van der Waals surface area contributed by atoms with Crippen molar-refractivity contribution in [2.75, 3.05) is 24.0 Å². The zero-order valence-electron chi connectivity index (χ0n) is 26.6. The highest BCUT2D eigenvalue weighted by Gasteiger charge is 2.19. The summed E-state index contributed by atoms with van der Waals surface area (Å²) in [6.45, 7) is 0. The highest BCUT2D eigenvalue weighted by molar-refractivity contribution is 5.89. The van der Waals surface area contributed by atoms with Crippen LogP contribution in [-0.4, -0.2) is 14.2 Å². The fourth-order valence-electron chi connectivity index (χ4n) is 5.56. The number of hydrogen-bond donors (Lipinski definition) is 0. The van der Waals surface area contributed by atoms with Crippen LogP contribution in [0.25, 0.3) is 12.2 Å². The van der Waals surface area contributed by atoms with E-state index in [1.165, 1.54) is 0 Å². The molecule has 48 heavy (non-hydrogen) atoms. The molecule has 6 heteroatoms. The number of ether oxygens (including phenoxy) is 2. The lowest BCUT2D eigenvalue weighted by Gasteiger charge is -2.30. The van der Waals surface area contributed by atoms with Crippen molar-refractivity contribution in [1.29, 1.82) is 10.5 Å². The minimum atomic E-state index is 0.488. The van der Waals surface area contributed by atoms with E-state index in [1.54, 1.807) is 32.4 Å². The topological polar surface area (TPSA) is 72.5 Å². The zero-order valence-corrected chi connectivity index (χ0v) is 26.6. The van der Waals surface area contributed by atoms with Crippen molar-refractivity contribution >= 4 is 46.3 Å². The van der Waals surface area contributed by atoms with Crippen LogP contribution in [0.1, 0.15) is 22.3 Å². The van der Waals surface area contributed by atoms with E-state index in [1.807, 2.05) is 97.1 Å². The maximum absolute atomic E-state index is 9.87. The van der Waals surface area contributed by atoms with Gasteiger partial charge in [-0.05, 0) is 115 Å². The zero-order chi connectivity index (χ0) is 33.3. The molecule has 0 fully saturated rings. The van der Waals surface area contributed by atoms with Crippen LogP contribution in [-0.2, 0) is 0 Å². The Balaban J connectivity index is 1.58. The Hall–Kier alpha value is -6.76. The highest BCUT2D eigenvalue weighted by Crippen LogP contribution is 2.42. The number of benzene rings is 6. The van der Waals surface area contributed by atoms with Gasteiger partial charge in [0, 0.05) is 34.0 Å². The largest absolute Gasteiger partial charge is 0.497 e. The van der Waals surface area contributed by atoms with Gasteiger partial charge < -0.3 is 19.3 Å². The Bertz CT molecular complexity index is 2110. The molecule has 0 heterocycles. The van der Waals surface area contributed by atoms with Gasteiger partial charge in [-0.3, -0.25) is 0 Å². The molecular weight excluding hydrogens is 592 g/mol.